The minimum absolute atomic E-state index is 0.0482. The van der Waals surface area contributed by atoms with Crippen LogP contribution in [0.2, 0.25) is 0 Å². The lowest BCUT2D eigenvalue weighted by Crippen LogP contribution is -2.28. The minimum Gasteiger partial charge on any atom is -0.397 e. The van der Waals surface area contributed by atoms with E-state index in [2.05, 4.69) is 17.2 Å². The summed E-state index contributed by atoms with van der Waals surface area (Å²) < 4.78 is 2.03. The number of amides is 1. The standard InChI is InChI=1S/C16H22N4O/c1-2-3-9-18-14(21)10-20-13-6-4-5-12(17)15(13)19-16(20)11-7-8-11/h4-6,11H,2-3,7-10,17H2,1H3,(H,18,21). The van der Waals surface area contributed by atoms with Crippen LogP contribution in [0.25, 0.3) is 11.0 Å². The molecule has 0 atom stereocenters. The fourth-order valence-corrected chi connectivity index (χ4v) is 2.61. The molecule has 1 amide bonds. The van der Waals surface area contributed by atoms with E-state index in [1.807, 2.05) is 22.8 Å². The smallest absolute Gasteiger partial charge is 0.240 e. The third kappa shape index (κ3) is 2.86. The molecule has 5 nitrogen and oxygen atoms in total. The minimum atomic E-state index is 0.0482. The Hall–Kier alpha value is -2.04. The first-order valence-corrected chi connectivity index (χ1v) is 7.72. The lowest BCUT2D eigenvalue weighted by atomic mass is 10.2. The third-order valence-corrected chi connectivity index (χ3v) is 3.94. The third-order valence-electron chi connectivity index (χ3n) is 3.94. The second kappa shape index (κ2) is 5.76. The van der Waals surface area contributed by atoms with Crippen LogP contribution in [0.5, 0.6) is 0 Å². The van der Waals surface area contributed by atoms with E-state index >= 15 is 0 Å². The summed E-state index contributed by atoms with van der Waals surface area (Å²) in [6, 6.07) is 5.77. The van der Waals surface area contributed by atoms with Crippen molar-refractivity contribution in [3.05, 3.63) is 24.0 Å². The van der Waals surface area contributed by atoms with Crippen molar-refractivity contribution in [2.24, 2.45) is 0 Å². The van der Waals surface area contributed by atoms with E-state index in [1.54, 1.807) is 0 Å². The predicted octanol–water partition coefficient (Wildman–Crippen LogP) is 2.41. The Labute approximate surface area is 124 Å². The highest BCUT2D eigenvalue weighted by molar-refractivity contribution is 5.89. The van der Waals surface area contributed by atoms with E-state index in [9.17, 15) is 4.79 Å². The van der Waals surface area contributed by atoms with Crippen LogP contribution in [0.15, 0.2) is 18.2 Å². The molecule has 1 aliphatic rings. The Morgan fingerprint density at radius 3 is 3.00 bits per heavy atom. The fraction of sp³-hybridized carbons (Fsp3) is 0.500. The Balaban J connectivity index is 1.87. The summed E-state index contributed by atoms with van der Waals surface area (Å²) in [6.07, 6.45) is 4.40. The molecule has 0 unspecified atom stereocenters. The lowest BCUT2D eigenvalue weighted by Gasteiger charge is -2.09. The molecule has 0 bridgehead atoms. The van der Waals surface area contributed by atoms with Crippen LogP contribution in [-0.2, 0) is 11.3 Å². The maximum Gasteiger partial charge on any atom is 0.240 e. The molecule has 1 aliphatic carbocycles. The van der Waals surface area contributed by atoms with Crippen molar-refractivity contribution in [3.63, 3.8) is 0 Å². The first kappa shape index (κ1) is 13.9. The zero-order chi connectivity index (χ0) is 14.8. The van der Waals surface area contributed by atoms with Gasteiger partial charge in [-0.05, 0) is 31.4 Å². The molecule has 3 N–H and O–H groups in total. The zero-order valence-corrected chi connectivity index (χ0v) is 12.4. The number of fused-ring (bicyclic) bond motifs is 1. The van der Waals surface area contributed by atoms with Crippen LogP contribution in [-0.4, -0.2) is 22.0 Å². The molecule has 1 aromatic carbocycles. The van der Waals surface area contributed by atoms with Crippen molar-refractivity contribution < 1.29 is 4.79 Å². The second-order valence-corrected chi connectivity index (χ2v) is 5.75. The van der Waals surface area contributed by atoms with Crippen LogP contribution >= 0.6 is 0 Å². The van der Waals surface area contributed by atoms with Crippen molar-refractivity contribution in [1.29, 1.82) is 0 Å². The number of nitrogens with one attached hydrogen (secondary N) is 1. The number of benzene rings is 1. The van der Waals surface area contributed by atoms with E-state index in [4.69, 9.17) is 5.73 Å². The van der Waals surface area contributed by atoms with Gasteiger partial charge in [-0.3, -0.25) is 4.79 Å². The van der Waals surface area contributed by atoms with E-state index in [0.29, 0.717) is 18.2 Å². The van der Waals surface area contributed by atoms with Gasteiger partial charge in [-0.2, -0.15) is 0 Å². The first-order chi connectivity index (χ1) is 10.2. The molecule has 0 aliphatic heterocycles. The largest absolute Gasteiger partial charge is 0.397 e. The van der Waals surface area contributed by atoms with Crippen LogP contribution in [0, 0.1) is 0 Å². The van der Waals surface area contributed by atoms with Crippen LogP contribution in [0.3, 0.4) is 0 Å². The number of hydrogen-bond donors (Lipinski definition) is 2. The molecule has 1 saturated carbocycles. The van der Waals surface area contributed by atoms with Crippen LogP contribution in [0.1, 0.15) is 44.3 Å². The maximum atomic E-state index is 12.1. The molecule has 0 saturated heterocycles. The van der Waals surface area contributed by atoms with Gasteiger partial charge in [0, 0.05) is 12.5 Å². The van der Waals surface area contributed by atoms with Gasteiger partial charge in [-0.25, -0.2) is 4.98 Å². The lowest BCUT2D eigenvalue weighted by molar-refractivity contribution is -0.121. The molecule has 0 spiro atoms. The van der Waals surface area contributed by atoms with E-state index in [0.717, 1.165) is 49.1 Å². The number of rotatable bonds is 6. The molecule has 21 heavy (non-hydrogen) atoms. The summed E-state index contributed by atoms with van der Waals surface area (Å²) in [7, 11) is 0. The summed E-state index contributed by atoms with van der Waals surface area (Å²) in [4.78, 5) is 16.8. The Kier molecular flexibility index (Phi) is 3.82. The number of carbonyl (C=O) groups excluding carboxylic acids is 1. The monoisotopic (exact) mass is 286 g/mol. The Morgan fingerprint density at radius 1 is 1.48 bits per heavy atom. The number of carbonyl (C=O) groups is 1. The van der Waals surface area contributed by atoms with Gasteiger partial charge in [-0.1, -0.05) is 19.4 Å². The molecule has 2 aromatic rings. The number of imidazole rings is 1. The van der Waals surface area contributed by atoms with Gasteiger partial charge in [-0.15, -0.1) is 0 Å². The molecule has 1 fully saturated rings. The summed E-state index contributed by atoms with van der Waals surface area (Å²) in [6.45, 7) is 3.18. The molecule has 112 valence electrons. The number of aromatic nitrogens is 2. The maximum absolute atomic E-state index is 12.1. The number of para-hydroxylation sites is 1. The van der Waals surface area contributed by atoms with Gasteiger partial charge >= 0.3 is 0 Å². The normalized spacial score (nSPS) is 14.5. The summed E-state index contributed by atoms with van der Waals surface area (Å²) >= 11 is 0. The Morgan fingerprint density at radius 2 is 2.29 bits per heavy atom. The highest BCUT2D eigenvalue weighted by atomic mass is 16.1. The SMILES string of the molecule is CCCCNC(=O)Cn1c(C2CC2)nc2c(N)cccc21. The van der Waals surface area contributed by atoms with E-state index in [-0.39, 0.29) is 5.91 Å². The molecule has 1 aromatic heterocycles. The van der Waals surface area contributed by atoms with Gasteiger partial charge in [0.15, 0.2) is 0 Å². The number of anilines is 1. The van der Waals surface area contributed by atoms with Crippen molar-refractivity contribution in [3.8, 4) is 0 Å². The number of unbranched alkanes of at least 4 members (excludes halogenated alkanes) is 1. The van der Waals surface area contributed by atoms with Gasteiger partial charge in [0.2, 0.25) is 5.91 Å². The van der Waals surface area contributed by atoms with Crippen LogP contribution in [0.4, 0.5) is 5.69 Å². The molecular formula is C16H22N4O. The zero-order valence-electron chi connectivity index (χ0n) is 12.4. The van der Waals surface area contributed by atoms with Gasteiger partial charge in [0.25, 0.3) is 0 Å². The second-order valence-electron chi connectivity index (χ2n) is 5.75. The highest BCUT2D eigenvalue weighted by Crippen LogP contribution is 2.41. The van der Waals surface area contributed by atoms with Crippen molar-refractivity contribution in [1.82, 2.24) is 14.9 Å². The molecule has 0 radical (unpaired) electrons. The first-order valence-electron chi connectivity index (χ1n) is 7.72. The number of nitrogens with two attached hydrogens (primary N) is 1. The van der Waals surface area contributed by atoms with E-state index < -0.39 is 0 Å². The molecule has 3 rings (SSSR count). The quantitative estimate of drug-likeness (QED) is 0.632. The van der Waals surface area contributed by atoms with Crippen molar-refractivity contribution >= 4 is 22.6 Å². The molecule has 5 heteroatoms. The van der Waals surface area contributed by atoms with E-state index in [1.165, 1.54) is 0 Å². The molecular weight excluding hydrogens is 264 g/mol. The van der Waals surface area contributed by atoms with Crippen molar-refractivity contribution in [2.45, 2.75) is 45.1 Å². The van der Waals surface area contributed by atoms with Gasteiger partial charge in [0.1, 0.15) is 17.9 Å². The number of hydrogen-bond acceptors (Lipinski definition) is 3. The summed E-state index contributed by atoms with van der Waals surface area (Å²) in [5, 5.41) is 2.97. The molecule has 1 heterocycles. The Bertz CT molecular complexity index is 658. The average Bonchev–Trinajstić information content (AvgIpc) is 3.24. The highest BCUT2D eigenvalue weighted by Gasteiger charge is 2.30. The predicted molar refractivity (Wildman–Crippen MR) is 84.0 cm³/mol. The van der Waals surface area contributed by atoms with Gasteiger partial charge in [0.05, 0.1) is 11.2 Å². The van der Waals surface area contributed by atoms with Crippen molar-refractivity contribution in [2.75, 3.05) is 12.3 Å². The summed E-state index contributed by atoms with van der Waals surface area (Å²) in [5.74, 6) is 1.54. The van der Waals surface area contributed by atoms with Crippen LogP contribution < -0.4 is 11.1 Å². The van der Waals surface area contributed by atoms with Gasteiger partial charge < -0.3 is 15.6 Å². The fourth-order valence-electron chi connectivity index (χ4n) is 2.61. The topological polar surface area (TPSA) is 72.9 Å². The number of nitrogens with zero attached hydrogens (tertiary/aromatic N) is 2. The average molecular weight is 286 g/mol. The number of nitrogen functional groups attached to an aromatic ring is 1. The summed E-state index contributed by atoms with van der Waals surface area (Å²) in [5.41, 5.74) is 8.47.